The van der Waals surface area contributed by atoms with Crippen molar-refractivity contribution < 1.29 is 13.6 Å². The van der Waals surface area contributed by atoms with Gasteiger partial charge in [-0.15, -0.1) is 0 Å². The average molecular weight is 226 g/mol. The lowest BCUT2D eigenvalue weighted by Crippen LogP contribution is -2.09. The zero-order valence-electron chi connectivity index (χ0n) is 9.81. The largest absolute Gasteiger partial charge is 0.295 e. The highest BCUT2D eigenvalue weighted by Crippen LogP contribution is 2.29. The molecule has 0 aliphatic rings. The van der Waals surface area contributed by atoms with E-state index in [1.807, 2.05) is 6.92 Å². The summed E-state index contributed by atoms with van der Waals surface area (Å²) >= 11 is 0. The van der Waals surface area contributed by atoms with E-state index in [0.29, 0.717) is 12.0 Å². The zero-order valence-corrected chi connectivity index (χ0v) is 9.81. The number of carbonyl (C=O) groups excluding carboxylic acids is 1. The minimum Gasteiger partial charge on any atom is -0.295 e. The SMILES string of the molecule is CCCc1cc(C(C)=O)cc(C(C)(F)F)c1. The number of aryl methyl sites for hydroxylation is 1. The Kier molecular flexibility index (Phi) is 3.79. The Morgan fingerprint density at radius 2 is 1.94 bits per heavy atom. The first-order valence-corrected chi connectivity index (χ1v) is 5.37. The maximum atomic E-state index is 13.2. The van der Waals surface area contributed by atoms with Crippen LogP contribution in [0.5, 0.6) is 0 Å². The number of alkyl halides is 2. The monoisotopic (exact) mass is 226 g/mol. The van der Waals surface area contributed by atoms with Gasteiger partial charge in [0.15, 0.2) is 5.78 Å². The second kappa shape index (κ2) is 4.73. The normalized spacial score (nSPS) is 11.6. The summed E-state index contributed by atoms with van der Waals surface area (Å²) in [6.07, 6.45) is 1.58. The van der Waals surface area contributed by atoms with E-state index in [-0.39, 0.29) is 11.3 Å². The van der Waals surface area contributed by atoms with E-state index in [9.17, 15) is 13.6 Å². The van der Waals surface area contributed by atoms with Gasteiger partial charge in [-0.2, -0.15) is 0 Å². The molecule has 3 heteroatoms. The summed E-state index contributed by atoms with van der Waals surface area (Å²) in [6.45, 7) is 4.22. The molecule has 0 bridgehead atoms. The zero-order chi connectivity index (χ0) is 12.3. The molecule has 0 spiro atoms. The molecule has 1 aromatic carbocycles. The van der Waals surface area contributed by atoms with Gasteiger partial charge in [0.2, 0.25) is 0 Å². The Morgan fingerprint density at radius 1 is 1.31 bits per heavy atom. The molecule has 0 saturated heterocycles. The van der Waals surface area contributed by atoms with E-state index < -0.39 is 5.92 Å². The molecule has 1 nitrogen and oxygen atoms in total. The van der Waals surface area contributed by atoms with Crippen LogP contribution in [-0.2, 0) is 12.3 Å². The van der Waals surface area contributed by atoms with E-state index in [0.717, 1.165) is 18.9 Å². The molecular weight excluding hydrogens is 210 g/mol. The standard InChI is InChI=1S/C13H16F2O/c1-4-5-10-6-11(9(2)16)8-12(7-10)13(3,14)15/h6-8H,4-5H2,1-3H3. The number of halogens is 2. The lowest BCUT2D eigenvalue weighted by Gasteiger charge is -2.13. The predicted molar refractivity (Wildman–Crippen MR) is 60.0 cm³/mol. The molecule has 1 rings (SSSR count). The second-order valence-electron chi connectivity index (χ2n) is 4.11. The van der Waals surface area contributed by atoms with E-state index in [1.54, 1.807) is 6.07 Å². The molecule has 0 amide bonds. The third-order valence-corrected chi connectivity index (χ3v) is 2.44. The van der Waals surface area contributed by atoms with Crippen LogP contribution in [0, 0.1) is 0 Å². The van der Waals surface area contributed by atoms with Crippen LogP contribution in [-0.4, -0.2) is 5.78 Å². The van der Waals surface area contributed by atoms with Crippen LogP contribution in [0.15, 0.2) is 18.2 Å². The van der Waals surface area contributed by atoms with Crippen molar-refractivity contribution in [2.45, 2.75) is 39.5 Å². The molecule has 0 N–H and O–H groups in total. The molecule has 0 heterocycles. The lowest BCUT2D eigenvalue weighted by atomic mass is 9.98. The van der Waals surface area contributed by atoms with Crippen molar-refractivity contribution >= 4 is 5.78 Å². The van der Waals surface area contributed by atoms with Crippen molar-refractivity contribution in [3.05, 3.63) is 34.9 Å². The van der Waals surface area contributed by atoms with Crippen LogP contribution in [0.25, 0.3) is 0 Å². The summed E-state index contributed by atoms with van der Waals surface area (Å²) < 4.78 is 26.4. The Balaban J connectivity index is 3.24. The van der Waals surface area contributed by atoms with Gasteiger partial charge in [-0.3, -0.25) is 4.79 Å². The molecule has 0 saturated carbocycles. The van der Waals surface area contributed by atoms with Gasteiger partial charge in [0, 0.05) is 18.1 Å². The third kappa shape index (κ3) is 3.12. The van der Waals surface area contributed by atoms with Crippen LogP contribution in [0.1, 0.15) is 48.7 Å². The molecule has 0 aromatic heterocycles. The number of benzene rings is 1. The van der Waals surface area contributed by atoms with E-state index in [2.05, 4.69) is 0 Å². The molecular formula is C13H16F2O. The van der Waals surface area contributed by atoms with Crippen molar-refractivity contribution in [1.82, 2.24) is 0 Å². The number of ketones is 1. The van der Waals surface area contributed by atoms with E-state index in [4.69, 9.17) is 0 Å². The fourth-order valence-corrected chi connectivity index (χ4v) is 1.58. The first-order chi connectivity index (χ1) is 7.34. The van der Waals surface area contributed by atoms with Gasteiger partial charge in [-0.1, -0.05) is 13.3 Å². The van der Waals surface area contributed by atoms with Crippen LogP contribution in [0.4, 0.5) is 8.78 Å². The molecule has 16 heavy (non-hydrogen) atoms. The van der Waals surface area contributed by atoms with Crippen molar-refractivity contribution in [1.29, 1.82) is 0 Å². The first-order valence-electron chi connectivity index (χ1n) is 5.37. The number of rotatable bonds is 4. The quantitative estimate of drug-likeness (QED) is 0.710. The van der Waals surface area contributed by atoms with Gasteiger partial charge >= 0.3 is 0 Å². The molecule has 1 aromatic rings. The highest BCUT2D eigenvalue weighted by atomic mass is 19.3. The number of carbonyl (C=O) groups is 1. The predicted octanol–water partition coefficient (Wildman–Crippen LogP) is 3.95. The molecule has 0 unspecified atom stereocenters. The molecule has 88 valence electrons. The van der Waals surface area contributed by atoms with Crippen molar-refractivity contribution in [2.75, 3.05) is 0 Å². The van der Waals surface area contributed by atoms with Gasteiger partial charge < -0.3 is 0 Å². The summed E-state index contributed by atoms with van der Waals surface area (Å²) in [6, 6.07) is 4.46. The van der Waals surface area contributed by atoms with Gasteiger partial charge in [0.25, 0.3) is 5.92 Å². The van der Waals surface area contributed by atoms with Crippen molar-refractivity contribution in [3.63, 3.8) is 0 Å². The van der Waals surface area contributed by atoms with Gasteiger partial charge in [0.1, 0.15) is 0 Å². The van der Waals surface area contributed by atoms with E-state index in [1.165, 1.54) is 19.1 Å². The summed E-state index contributed by atoms with van der Waals surface area (Å²) in [5.74, 6) is -3.07. The number of Topliss-reactive ketones (excluding diaryl/α,β-unsaturated/α-hetero) is 1. The van der Waals surface area contributed by atoms with Crippen LogP contribution >= 0.6 is 0 Å². The minimum absolute atomic E-state index is 0.0800. The van der Waals surface area contributed by atoms with Gasteiger partial charge in [-0.25, -0.2) is 8.78 Å². The number of hydrogen-bond acceptors (Lipinski definition) is 1. The first kappa shape index (κ1) is 12.8. The Labute approximate surface area is 94.5 Å². The van der Waals surface area contributed by atoms with Gasteiger partial charge in [-0.05, 0) is 37.1 Å². The van der Waals surface area contributed by atoms with Crippen LogP contribution in [0.3, 0.4) is 0 Å². The molecule has 0 aliphatic heterocycles. The fraction of sp³-hybridized carbons (Fsp3) is 0.462. The topological polar surface area (TPSA) is 17.1 Å². The Hall–Kier alpha value is -1.25. The average Bonchev–Trinajstić information content (AvgIpc) is 2.16. The van der Waals surface area contributed by atoms with Crippen molar-refractivity contribution in [2.24, 2.45) is 0 Å². The maximum absolute atomic E-state index is 13.2. The van der Waals surface area contributed by atoms with Crippen LogP contribution < -0.4 is 0 Å². The van der Waals surface area contributed by atoms with Gasteiger partial charge in [0.05, 0.1) is 0 Å². The third-order valence-electron chi connectivity index (χ3n) is 2.44. The summed E-state index contributed by atoms with van der Waals surface area (Å²) in [4.78, 5) is 11.2. The highest BCUT2D eigenvalue weighted by Gasteiger charge is 2.25. The highest BCUT2D eigenvalue weighted by molar-refractivity contribution is 5.94. The van der Waals surface area contributed by atoms with E-state index >= 15 is 0 Å². The second-order valence-corrected chi connectivity index (χ2v) is 4.11. The fourth-order valence-electron chi connectivity index (χ4n) is 1.58. The summed E-state index contributed by atoms with van der Waals surface area (Å²) in [5.41, 5.74) is 1.08. The van der Waals surface area contributed by atoms with Crippen molar-refractivity contribution in [3.8, 4) is 0 Å². The number of hydrogen-bond donors (Lipinski definition) is 0. The minimum atomic E-state index is -2.89. The maximum Gasteiger partial charge on any atom is 0.270 e. The Bertz CT molecular complexity index is 391. The van der Waals surface area contributed by atoms with Crippen LogP contribution in [0.2, 0.25) is 0 Å². The molecule has 0 radical (unpaired) electrons. The summed E-state index contributed by atoms with van der Waals surface area (Å²) in [5, 5.41) is 0. The smallest absolute Gasteiger partial charge is 0.270 e. The Morgan fingerprint density at radius 3 is 2.38 bits per heavy atom. The molecule has 0 atom stereocenters. The molecule has 0 fully saturated rings. The molecule has 0 aliphatic carbocycles. The lowest BCUT2D eigenvalue weighted by molar-refractivity contribution is 0.0173. The summed E-state index contributed by atoms with van der Waals surface area (Å²) in [7, 11) is 0.